The van der Waals surface area contributed by atoms with Gasteiger partial charge in [0.25, 0.3) is 0 Å². The molecule has 0 radical (unpaired) electrons. The van der Waals surface area contributed by atoms with Crippen LogP contribution in [0.5, 0.6) is 0 Å². The van der Waals surface area contributed by atoms with Crippen molar-refractivity contribution in [2.75, 3.05) is 36.5 Å². The molecule has 4 bridgehead atoms. The molecular weight excluding hydrogens is 352 g/mol. The van der Waals surface area contributed by atoms with Gasteiger partial charge < -0.3 is 15.0 Å². The van der Waals surface area contributed by atoms with Crippen LogP contribution < -0.4 is 10.2 Å². The van der Waals surface area contributed by atoms with Gasteiger partial charge in [-0.1, -0.05) is 0 Å². The summed E-state index contributed by atoms with van der Waals surface area (Å²) in [5, 5.41) is 3.18. The molecule has 5 fully saturated rings. The monoisotopic (exact) mass is 384 g/mol. The van der Waals surface area contributed by atoms with Crippen LogP contribution in [0.1, 0.15) is 56.3 Å². The number of ether oxygens (including phenoxy) is 1. The molecule has 1 aromatic heterocycles. The Morgan fingerprint density at radius 2 is 1.57 bits per heavy atom. The lowest BCUT2D eigenvalue weighted by Gasteiger charge is -2.56. The molecule has 5 aliphatic rings. The molecule has 1 N–H and O–H groups in total. The van der Waals surface area contributed by atoms with Gasteiger partial charge in [-0.05, 0) is 75.5 Å². The predicted octanol–water partition coefficient (Wildman–Crippen LogP) is 3.48. The van der Waals surface area contributed by atoms with Gasteiger partial charge in [0.1, 0.15) is 0 Å². The zero-order valence-corrected chi connectivity index (χ0v) is 17.2. The quantitative estimate of drug-likeness (QED) is 0.861. The minimum Gasteiger partial charge on any atom is -0.378 e. The maximum Gasteiger partial charge on any atom is 0.226 e. The number of hydrogen-bond acceptors (Lipinski definition) is 5. The van der Waals surface area contributed by atoms with Gasteiger partial charge in [-0.25, -0.2) is 9.97 Å². The van der Waals surface area contributed by atoms with E-state index < -0.39 is 0 Å². The third-order valence-electron chi connectivity index (χ3n) is 7.52. The third-order valence-corrected chi connectivity index (χ3v) is 7.52. The van der Waals surface area contributed by atoms with E-state index in [1.165, 1.54) is 38.5 Å². The Hall–Kier alpha value is -1.69. The molecule has 6 nitrogen and oxygen atoms in total. The van der Waals surface area contributed by atoms with E-state index >= 15 is 0 Å². The molecular formula is C22H32N4O2. The Labute approximate surface area is 167 Å². The summed E-state index contributed by atoms with van der Waals surface area (Å²) < 4.78 is 5.42. The lowest BCUT2D eigenvalue weighted by atomic mass is 9.49. The highest BCUT2D eigenvalue weighted by atomic mass is 16.5. The third kappa shape index (κ3) is 3.40. The fourth-order valence-electron chi connectivity index (χ4n) is 6.82. The molecule has 0 aromatic carbocycles. The second kappa shape index (κ2) is 6.97. The van der Waals surface area contributed by atoms with E-state index in [2.05, 4.69) is 20.2 Å². The number of amides is 1. The van der Waals surface area contributed by atoms with Crippen LogP contribution in [-0.2, 0) is 9.53 Å². The summed E-state index contributed by atoms with van der Waals surface area (Å²) in [4.78, 5) is 24.5. The maximum atomic E-state index is 13.0. The van der Waals surface area contributed by atoms with E-state index in [1.807, 2.05) is 13.8 Å². The molecule has 0 atom stereocenters. The number of aromatic nitrogens is 2. The van der Waals surface area contributed by atoms with E-state index in [4.69, 9.17) is 4.74 Å². The van der Waals surface area contributed by atoms with Crippen molar-refractivity contribution in [1.29, 1.82) is 0 Å². The van der Waals surface area contributed by atoms with Gasteiger partial charge in [0, 0.05) is 19.5 Å². The minimum absolute atomic E-state index is 0.149. The smallest absolute Gasteiger partial charge is 0.226 e. The van der Waals surface area contributed by atoms with Crippen molar-refractivity contribution in [2.45, 2.75) is 58.8 Å². The summed E-state index contributed by atoms with van der Waals surface area (Å²) in [5.41, 5.74) is 2.77. The highest BCUT2D eigenvalue weighted by molar-refractivity contribution is 5.92. The van der Waals surface area contributed by atoms with Crippen LogP contribution in [0, 0.1) is 37.0 Å². The van der Waals surface area contributed by atoms with Crippen molar-refractivity contribution >= 4 is 17.5 Å². The predicted molar refractivity (Wildman–Crippen MR) is 108 cm³/mol. The van der Waals surface area contributed by atoms with Crippen LogP contribution in [0.15, 0.2) is 0 Å². The van der Waals surface area contributed by atoms with E-state index in [1.54, 1.807) is 0 Å². The number of carbonyl (C=O) groups excluding carboxylic acids is 1. The van der Waals surface area contributed by atoms with Gasteiger partial charge in [-0.3, -0.25) is 4.79 Å². The number of rotatable bonds is 4. The van der Waals surface area contributed by atoms with Crippen molar-refractivity contribution in [3.63, 3.8) is 0 Å². The molecule has 0 unspecified atom stereocenters. The number of morpholine rings is 1. The fraction of sp³-hybridized carbons (Fsp3) is 0.773. The average Bonchev–Trinajstić information content (AvgIpc) is 2.63. The minimum atomic E-state index is 0.149. The average molecular weight is 385 g/mol. The first kappa shape index (κ1) is 18.3. The van der Waals surface area contributed by atoms with E-state index in [9.17, 15) is 4.79 Å². The normalized spacial score (nSPS) is 33.9. The fourth-order valence-corrected chi connectivity index (χ4v) is 6.82. The molecule has 152 valence electrons. The first-order valence-electron chi connectivity index (χ1n) is 11.0. The van der Waals surface area contributed by atoms with Crippen LogP contribution in [0.2, 0.25) is 0 Å². The topological polar surface area (TPSA) is 67.3 Å². The summed E-state index contributed by atoms with van der Waals surface area (Å²) in [6.45, 7) is 7.00. The molecule has 0 spiro atoms. The van der Waals surface area contributed by atoms with Gasteiger partial charge >= 0.3 is 0 Å². The highest BCUT2D eigenvalue weighted by Crippen LogP contribution is 2.61. The second-order valence-corrected chi connectivity index (χ2v) is 9.81. The molecule has 6 rings (SSSR count). The zero-order chi connectivity index (χ0) is 19.3. The van der Waals surface area contributed by atoms with Crippen molar-refractivity contribution in [2.24, 2.45) is 23.2 Å². The number of anilines is 2. The Morgan fingerprint density at radius 1 is 1.04 bits per heavy atom. The van der Waals surface area contributed by atoms with Crippen LogP contribution in [0.3, 0.4) is 0 Å². The van der Waals surface area contributed by atoms with E-state index in [0.717, 1.165) is 53.9 Å². The Kier molecular flexibility index (Phi) is 4.57. The first-order valence-corrected chi connectivity index (χ1v) is 11.0. The van der Waals surface area contributed by atoms with Crippen LogP contribution in [0.4, 0.5) is 11.6 Å². The van der Waals surface area contributed by atoms with Gasteiger partial charge in [0.05, 0.1) is 30.3 Å². The Morgan fingerprint density at radius 3 is 2.11 bits per heavy atom. The Bertz CT molecular complexity index is 714. The summed E-state index contributed by atoms with van der Waals surface area (Å²) in [5.74, 6) is 3.52. The molecule has 1 aliphatic heterocycles. The van der Waals surface area contributed by atoms with Crippen LogP contribution in [0.25, 0.3) is 0 Å². The molecule has 2 heterocycles. The standard InChI is InChI=1S/C22H32N4O2/c1-14-20(15(2)24-21(23-14)26-3-5-28-6-4-26)25-19(27)13-22-10-16-7-17(11-22)9-18(8-16)12-22/h16-18H,3-13H2,1-2H3,(H,25,27). The van der Waals surface area contributed by atoms with Crippen LogP contribution >= 0.6 is 0 Å². The summed E-state index contributed by atoms with van der Waals surface area (Å²) in [6, 6.07) is 0. The molecule has 1 aromatic rings. The number of hydrogen-bond donors (Lipinski definition) is 1. The molecule has 28 heavy (non-hydrogen) atoms. The molecule has 1 saturated heterocycles. The van der Waals surface area contributed by atoms with Crippen molar-refractivity contribution in [1.82, 2.24) is 9.97 Å². The summed E-state index contributed by atoms with van der Waals surface area (Å²) in [7, 11) is 0. The number of nitrogens with one attached hydrogen (secondary N) is 1. The summed E-state index contributed by atoms with van der Waals surface area (Å²) >= 11 is 0. The second-order valence-electron chi connectivity index (χ2n) is 9.81. The van der Waals surface area contributed by atoms with Crippen molar-refractivity contribution < 1.29 is 9.53 Å². The van der Waals surface area contributed by atoms with Crippen molar-refractivity contribution in [3.8, 4) is 0 Å². The largest absolute Gasteiger partial charge is 0.378 e. The van der Waals surface area contributed by atoms with Crippen molar-refractivity contribution in [3.05, 3.63) is 11.4 Å². The molecule has 1 amide bonds. The van der Waals surface area contributed by atoms with Gasteiger partial charge in [-0.2, -0.15) is 0 Å². The number of aryl methyl sites for hydroxylation is 2. The van der Waals surface area contributed by atoms with Gasteiger partial charge in [-0.15, -0.1) is 0 Å². The SMILES string of the molecule is Cc1nc(N2CCOCC2)nc(C)c1NC(=O)CC12CC3CC(CC(C3)C1)C2. The maximum absolute atomic E-state index is 13.0. The van der Waals surface area contributed by atoms with Gasteiger partial charge in [0.2, 0.25) is 11.9 Å². The molecule has 6 heteroatoms. The zero-order valence-electron chi connectivity index (χ0n) is 17.2. The number of carbonyl (C=O) groups is 1. The lowest BCUT2D eigenvalue weighted by molar-refractivity contribution is -0.124. The lowest BCUT2D eigenvalue weighted by Crippen LogP contribution is -2.47. The van der Waals surface area contributed by atoms with Crippen LogP contribution in [-0.4, -0.2) is 42.2 Å². The first-order chi connectivity index (χ1) is 13.5. The molecule has 4 aliphatic carbocycles. The Balaban J connectivity index is 1.29. The van der Waals surface area contributed by atoms with E-state index in [0.29, 0.717) is 19.6 Å². The molecule has 4 saturated carbocycles. The summed E-state index contributed by atoms with van der Waals surface area (Å²) in [6.07, 6.45) is 8.69. The number of nitrogens with zero attached hydrogens (tertiary/aromatic N) is 3. The highest BCUT2D eigenvalue weighted by Gasteiger charge is 2.51. The van der Waals surface area contributed by atoms with Gasteiger partial charge in [0.15, 0.2) is 0 Å². The van der Waals surface area contributed by atoms with E-state index in [-0.39, 0.29) is 11.3 Å².